The molecule has 0 bridgehead atoms. The maximum atomic E-state index is 12.8. The Kier molecular flexibility index (Phi) is 6.19. The molecule has 0 saturated heterocycles. The number of halogens is 1. The molecule has 1 heterocycles. The SMILES string of the molecule is O=C(CSCC(=O)OCc1nc2ccccc2s1)Nc1ccc(F)cc1. The molecule has 0 saturated carbocycles. The summed E-state index contributed by atoms with van der Waals surface area (Å²) in [5, 5.41) is 3.36. The molecule has 26 heavy (non-hydrogen) atoms. The van der Waals surface area contributed by atoms with Gasteiger partial charge in [0, 0.05) is 5.69 Å². The third-order valence-electron chi connectivity index (χ3n) is 3.28. The number of fused-ring (bicyclic) bond motifs is 1. The van der Waals surface area contributed by atoms with E-state index < -0.39 is 5.97 Å². The minimum atomic E-state index is -0.399. The summed E-state index contributed by atoms with van der Waals surface area (Å²) in [5.41, 5.74) is 1.39. The first-order valence-electron chi connectivity index (χ1n) is 7.73. The van der Waals surface area contributed by atoms with Crippen molar-refractivity contribution < 1.29 is 18.7 Å². The van der Waals surface area contributed by atoms with Crippen LogP contribution in [0, 0.1) is 5.82 Å². The average molecular weight is 390 g/mol. The second-order valence-electron chi connectivity index (χ2n) is 5.28. The smallest absolute Gasteiger partial charge is 0.316 e. The minimum Gasteiger partial charge on any atom is -0.458 e. The van der Waals surface area contributed by atoms with Crippen LogP contribution >= 0.6 is 23.1 Å². The molecule has 134 valence electrons. The maximum Gasteiger partial charge on any atom is 0.316 e. The van der Waals surface area contributed by atoms with E-state index in [1.54, 1.807) is 0 Å². The van der Waals surface area contributed by atoms with Gasteiger partial charge in [-0.25, -0.2) is 9.37 Å². The van der Waals surface area contributed by atoms with Crippen molar-refractivity contribution in [1.82, 2.24) is 4.98 Å². The van der Waals surface area contributed by atoms with E-state index in [0.717, 1.165) is 27.0 Å². The molecule has 5 nitrogen and oxygen atoms in total. The van der Waals surface area contributed by atoms with Crippen LogP contribution in [-0.4, -0.2) is 28.4 Å². The van der Waals surface area contributed by atoms with Gasteiger partial charge in [0.25, 0.3) is 0 Å². The van der Waals surface area contributed by atoms with Crippen molar-refractivity contribution >= 4 is 50.9 Å². The van der Waals surface area contributed by atoms with Gasteiger partial charge in [-0.15, -0.1) is 23.1 Å². The average Bonchev–Trinajstić information content (AvgIpc) is 3.05. The molecule has 1 aromatic heterocycles. The normalized spacial score (nSPS) is 10.7. The topological polar surface area (TPSA) is 68.3 Å². The number of ether oxygens (including phenoxy) is 1. The molecule has 0 radical (unpaired) electrons. The molecular weight excluding hydrogens is 375 g/mol. The number of carbonyl (C=O) groups excluding carboxylic acids is 2. The summed E-state index contributed by atoms with van der Waals surface area (Å²) in [5.74, 6) is -0.854. The molecule has 0 fully saturated rings. The number of rotatable bonds is 7. The van der Waals surface area contributed by atoms with Crippen LogP contribution in [0.4, 0.5) is 10.1 Å². The number of carbonyl (C=O) groups is 2. The Morgan fingerprint density at radius 2 is 1.88 bits per heavy atom. The lowest BCUT2D eigenvalue weighted by Gasteiger charge is -2.05. The highest BCUT2D eigenvalue weighted by Crippen LogP contribution is 2.22. The summed E-state index contributed by atoms with van der Waals surface area (Å²) >= 11 is 2.64. The van der Waals surface area contributed by atoms with Crippen LogP contribution in [0.2, 0.25) is 0 Å². The van der Waals surface area contributed by atoms with Gasteiger partial charge in [-0.05, 0) is 36.4 Å². The molecule has 8 heteroatoms. The lowest BCUT2D eigenvalue weighted by molar-refractivity contribution is -0.141. The Hall–Kier alpha value is -2.45. The predicted molar refractivity (Wildman–Crippen MR) is 102 cm³/mol. The maximum absolute atomic E-state index is 12.8. The van der Waals surface area contributed by atoms with Crippen LogP contribution in [0.3, 0.4) is 0 Å². The molecule has 0 aliphatic heterocycles. The second kappa shape index (κ2) is 8.77. The van der Waals surface area contributed by atoms with Gasteiger partial charge < -0.3 is 10.1 Å². The number of anilines is 1. The Bertz CT molecular complexity index is 879. The molecule has 2 aromatic carbocycles. The Labute approximate surface area is 157 Å². The number of hydrogen-bond donors (Lipinski definition) is 1. The fourth-order valence-corrected chi connectivity index (χ4v) is 3.61. The first-order valence-corrected chi connectivity index (χ1v) is 9.70. The molecule has 0 atom stereocenters. The quantitative estimate of drug-likeness (QED) is 0.621. The summed E-state index contributed by atoms with van der Waals surface area (Å²) < 4.78 is 19.0. The number of nitrogens with zero attached hydrogens (tertiary/aromatic N) is 1. The summed E-state index contributed by atoms with van der Waals surface area (Å²) in [6.07, 6.45) is 0. The Balaban J connectivity index is 1.37. The zero-order valence-electron chi connectivity index (χ0n) is 13.6. The van der Waals surface area contributed by atoms with Crippen LogP contribution in [0.5, 0.6) is 0 Å². The predicted octanol–water partition coefficient (Wildman–Crippen LogP) is 3.85. The lowest BCUT2D eigenvalue weighted by Crippen LogP contribution is -2.16. The van der Waals surface area contributed by atoms with Crippen molar-refractivity contribution in [2.45, 2.75) is 6.61 Å². The van der Waals surface area contributed by atoms with Crippen LogP contribution < -0.4 is 5.32 Å². The fourth-order valence-electron chi connectivity index (χ4n) is 2.12. The van der Waals surface area contributed by atoms with Crippen LogP contribution in [0.25, 0.3) is 10.2 Å². The number of thioether (sulfide) groups is 1. The lowest BCUT2D eigenvalue weighted by atomic mass is 10.3. The van der Waals surface area contributed by atoms with Crippen LogP contribution in [0.1, 0.15) is 5.01 Å². The number of esters is 1. The second-order valence-corrected chi connectivity index (χ2v) is 7.38. The number of benzene rings is 2. The Morgan fingerprint density at radius 1 is 1.12 bits per heavy atom. The number of thiazole rings is 1. The summed E-state index contributed by atoms with van der Waals surface area (Å²) in [6, 6.07) is 13.2. The molecule has 1 N–H and O–H groups in total. The van der Waals surface area contributed by atoms with Gasteiger partial charge in [0.15, 0.2) is 0 Å². The fraction of sp³-hybridized carbons (Fsp3) is 0.167. The van der Waals surface area contributed by atoms with Crippen molar-refractivity contribution in [2.75, 3.05) is 16.8 Å². The number of nitrogens with one attached hydrogen (secondary N) is 1. The molecule has 0 spiro atoms. The van der Waals surface area contributed by atoms with E-state index >= 15 is 0 Å². The first-order chi connectivity index (χ1) is 12.6. The molecule has 3 aromatic rings. The van der Waals surface area contributed by atoms with Crippen molar-refractivity contribution in [3.63, 3.8) is 0 Å². The minimum absolute atomic E-state index is 0.0712. The molecular formula is C18H15FN2O3S2. The van der Waals surface area contributed by atoms with Crippen molar-refractivity contribution in [3.05, 3.63) is 59.4 Å². The van der Waals surface area contributed by atoms with Gasteiger partial charge in [0.05, 0.1) is 21.7 Å². The third-order valence-corrected chi connectivity index (χ3v) is 5.19. The molecule has 3 rings (SSSR count). The van der Waals surface area contributed by atoms with Crippen molar-refractivity contribution in [3.8, 4) is 0 Å². The highest BCUT2D eigenvalue weighted by Gasteiger charge is 2.09. The van der Waals surface area contributed by atoms with Crippen molar-refractivity contribution in [1.29, 1.82) is 0 Å². The van der Waals surface area contributed by atoms with Crippen LogP contribution in [-0.2, 0) is 20.9 Å². The summed E-state index contributed by atoms with van der Waals surface area (Å²) in [4.78, 5) is 27.9. The van der Waals surface area contributed by atoms with Gasteiger partial charge in [-0.1, -0.05) is 12.1 Å². The molecule has 0 unspecified atom stereocenters. The van der Waals surface area contributed by atoms with Gasteiger partial charge in [0.1, 0.15) is 17.4 Å². The molecule has 0 aliphatic carbocycles. The van der Waals surface area contributed by atoms with Gasteiger partial charge >= 0.3 is 5.97 Å². The monoisotopic (exact) mass is 390 g/mol. The van der Waals surface area contributed by atoms with E-state index in [1.165, 1.54) is 35.6 Å². The zero-order valence-corrected chi connectivity index (χ0v) is 15.2. The number of hydrogen-bond acceptors (Lipinski definition) is 6. The van der Waals surface area contributed by atoms with E-state index in [2.05, 4.69) is 10.3 Å². The van der Waals surface area contributed by atoms with Gasteiger partial charge in [-0.3, -0.25) is 9.59 Å². The van der Waals surface area contributed by atoms with E-state index in [0.29, 0.717) is 5.69 Å². The number of amides is 1. The number of aromatic nitrogens is 1. The standard InChI is InChI=1S/C18H15FN2O3S2/c19-12-5-7-13(8-6-12)20-16(22)10-25-11-18(23)24-9-17-21-14-3-1-2-4-15(14)26-17/h1-8H,9-11H2,(H,20,22). The van der Waals surface area contributed by atoms with Gasteiger partial charge in [0.2, 0.25) is 5.91 Å². The largest absolute Gasteiger partial charge is 0.458 e. The Morgan fingerprint density at radius 3 is 2.65 bits per heavy atom. The van der Waals surface area contributed by atoms with E-state index in [4.69, 9.17) is 4.74 Å². The third kappa shape index (κ3) is 5.27. The zero-order chi connectivity index (χ0) is 18.4. The van der Waals surface area contributed by atoms with Crippen molar-refractivity contribution in [2.24, 2.45) is 0 Å². The highest BCUT2D eigenvalue weighted by molar-refractivity contribution is 8.00. The van der Waals surface area contributed by atoms with Crippen LogP contribution in [0.15, 0.2) is 48.5 Å². The van der Waals surface area contributed by atoms with Gasteiger partial charge in [-0.2, -0.15) is 0 Å². The van der Waals surface area contributed by atoms with E-state index in [-0.39, 0.29) is 29.8 Å². The summed E-state index contributed by atoms with van der Waals surface area (Å²) in [6.45, 7) is 0.126. The van der Waals surface area contributed by atoms with E-state index in [9.17, 15) is 14.0 Å². The van der Waals surface area contributed by atoms with E-state index in [1.807, 2.05) is 24.3 Å². The molecule has 0 aliphatic rings. The molecule has 1 amide bonds. The summed E-state index contributed by atoms with van der Waals surface area (Å²) in [7, 11) is 0. The number of para-hydroxylation sites is 1. The first kappa shape index (κ1) is 18.3. The highest BCUT2D eigenvalue weighted by atomic mass is 32.2.